The van der Waals surface area contributed by atoms with E-state index in [1.807, 2.05) is 0 Å². The van der Waals surface area contributed by atoms with E-state index in [0.29, 0.717) is 0 Å². The average molecular weight is 151 g/mol. The van der Waals surface area contributed by atoms with E-state index < -0.39 is 0 Å². The van der Waals surface area contributed by atoms with Crippen LogP contribution in [-0.4, -0.2) is 10.2 Å². The first-order valence-corrected chi connectivity index (χ1v) is 5.25. The summed E-state index contributed by atoms with van der Waals surface area (Å²) in [5, 5.41) is 0. The quantitative estimate of drug-likeness (QED) is 0.532. The van der Waals surface area contributed by atoms with E-state index >= 15 is 0 Å². The van der Waals surface area contributed by atoms with Gasteiger partial charge in [-0.25, -0.2) is 0 Å². The van der Waals surface area contributed by atoms with Crippen molar-refractivity contribution in [2.24, 2.45) is 17.8 Å². The number of rotatable bonds is 2. The van der Waals surface area contributed by atoms with E-state index in [2.05, 4.69) is 10.2 Å². The van der Waals surface area contributed by atoms with Gasteiger partial charge in [-0.1, -0.05) is 18.9 Å². The predicted molar refractivity (Wildman–Crippen MR) is 44.1 cm³/mol. The van der Waals surface area contributed by atoms with Gasteiger partial charge in [0.05, 0.1) is 0 Å². The third kappa shape index (κ3) is 1.05. The summed E-state index contributed by atoms with van der Waals surface area (Å²) in [6.45, 7) is 0. The van der Waals surface area contributed by atoms with Crippen LogP contribution in [-0.2, 0) is 0 Å². The minimum atomic E-state index is 1.09. The first kappa shape index (κ1) is 6.90. The van der Waals surface area contributed by atoms with E-state index in [1.165, 1.54) is 12.5 Å². The standard InChI is InChI=1S/C9H15Si/c10-4-3-9-6-7-1-2-8(9)5-7/h7-9H,1-6H2. The Morgan fingerprint density at radius 1 is 1.20 bits per heavy atom. The SMILES string of the molecule is [Si]CCC1CC2CCC1C2. The normalized spacial score (nSPS) is 44.7. The molecule has 3 unspecified atom stereocenters. The lowest BCUT2D eigenvalue weighted by molar-refractivity contribution is 0.325. The largest absolute Gasteiger partial charge is 0.0635 e. The molecule has 0 aliphatic heterocycles. The maximum Gasteiger partial charge on any atom is 0.0222 e. The third-order valence-electron chi connectivity index (χ3n) is 3.40. The lowest BCUT2D eigenvalue weighted by Gasteiger charge is -2.20. The van der Waals surface area contributed by atoms with Crippen molar-refractivity contribution in [2.75, 3.05) is 0 Å². The summed E-state index contributed by atoms with van der Waals surface area (Å²) in [5.41, 5.74) is 0. The van der Waals surface area contributed by atoms with Crippen molar-refractivity contribution in [3.05, 3.63) is 0 Å². The summed E-state index contributed by atoms with van der Waals surface area (Å²) in [5.74, 6) is 3.35. The van der Waals surface area contributed by atoms with Gasteiger partial charge in [-0.3, -0.25) is 0 Å². The smallest absolute Gasteiger partial charge is 0.0222 e. The fourth-order valence-electron chi connectivity index (χ4n) is 2.92. The Balaban J connectivity index is 1.90. The van der Waals surface area contributed by atoms with Crippen LogP contribution in [0, 0.1) is 17.8 Å². The number of hydrogen-bond donors (Lipinski definition) is 0. The molecular weight excluding hydrogens is 136 g/mol. The molecule has 1 heteroatoms. The number of hydrogen-bond acceptors (Lipinski definition) is 0. The first-order valence-electron chi connectivity index (χ1n) is 4.54. The molecule has 0 amide bonds. The summed E-state index contributed by atoms with van der Waals surface area (Å²) in [6.07, 6.45) is 7.63. The predicted octanol–water partition coefficient (Wildman–Crippen LogP) is 2.40. The molecule has 2 saturated carbocycles. The fourth-order valence-corrected chi connectivity index (χ4v) is 3.29. The molecule has 3 radical (unpaired) electrons. The minimum absolute atomic E-state index is 1.09. The van der Waals surface area contributed by atoms with Gasteiger partial charge in [0.2, 0.25) is 0 Å². The molecule has 0 aromatic carbocycles. The van der Waals surface area contributed by atoms with Crippen LogP contribution in [0.4, 0.5) is 0 Å². The summed E-state index contributed by atoms with van der Waals surface area (Å²) in [6, 6.07) is 1.22. The van der Waals surface area contributed by atoms with Gasteiger partial charge in [0.25, 0.3) is 0 Å². The highest BCUT2D eigenvalue weighted by atomic mass is 28.1. The van der Waals surface area contributed by atoms with E-state index in [-0.39, 0.29) is 0 Å². The Hall–Kier alpha value is 0.217. The Labute approximate surface area is 66.8 Å². The first-order chi connectivity index (χ1) is 4.90. The molecular formula is C9H15Si. The lowest BCUT2D eigenvalue weighted by atomic mass is 9.87. The molecule has 2 bridgehead atoms. The van der Waals surface area contributed by atoms with Gasteiger partial charge >= 0.3 is 0 Å². The molecule has 2 aliphatic carbocycles. The van der Waals surface area contributed by atoms with Crippen LogP contribution in [0.25, 0.3) is 0 Å². The van der Waals surface area contributed by atoms with Crippen molar-refractivity contribution < 1.29 is 0 Å². The fraction of sp³-hybridized carbons (Fsp3) is 1.00. The van der Waals surface area contributed by atoms with Gasteiger partial charge in [0.1, 0.15) is 0 Å². The summed E-state index contributed by atoms with van der Waals surface area (Å²) in [4.78, 5) is 0. The molecule has 0 heterocycles. The number of fused-ring (bicyclic) bond motifs is 2. The van der Waals surface area contributed by atoms with Crippen LogP contribution < -0.4 is 0 Å². The van der Waals surface area contributed by atoms with Crippen LogP contribution in [0.2, 0.25) is 6.04 Å². The van der Waals surface area contributed by atoms with Crippen LogP contribution >= 0.6 is 0 Å². The monoisotopic (exact) mass is 151 g/mol. The third-order valence-corrected chi connectivity index (χ3v) is 3.69. The maximum absolute atomic E-state index is 3.58. The molecule has 0 saturated heterocycles. The average Bonchev–Trinajstić information content (AvgIpc) is 2.48. The zero-order valence-corrected chi connectivity index (χ0v) is 7.47. The molecule has 0 aromatic heterocycles. The van der Waals surface area contributed by atoms with Gasteiger partial charge in [0, 0.05) is 10.2 Å². The van der Waals surface area contributed by atoms with E-state index in [9.17, 15) is 0 Å². The van der Waals surface area contributed by atoms with Crippen molar-refractivity contribution in [2.45, 2.75) is 38.1 Å². The summed E-state index contributed by atoms with van der Waals surface area (Å²) < 4.78 is 0. The Kier molecular flexibility index (Phi) is 1.85. The van der Waals surface area contributed by atoms with Crippen LogP contribution in [0.3, 0.4) is 0 Å². The molecule has 3 atom stereocenters. The molecule has 55 valence electrons. The van der Waals surface area contributed by atoms with E-state index in [0.717, 1.165) is 17.8 Å². The lowest BCUT2D eigenvalue weighted by Crippen LogP contribution is -2.09. The second-order valence-electron chi connectivity index (χ2n) is 3.97. The molecule has 0 aromatic rings. The second-order valence-corrected chi connectivity index (χ2v) is 4.47. The topological polar surface area (TPSA) is 0 Å². The Morgan fingerprint density at radius 3 is 2.60 bits per heavy atom. The van der Waals surface area contributed by atoms with Gasteiger partial charge in [0.15, 0.2) is 0 Å². The van der Waals surface area contributed by atoms with Gasteiger partial charge < -0.3 is 0 Å². The molecule has 2 fully saturated rings. The molecule has 2 rings (SSSR count). The Morgan fingerprint density at radius 2 is 2.10 bits per heavy atom. The zero-order valence-electron chi connectivity index (χ0n) is 6.47. The highest BCUT2D eigenvalue weighted by molar-refractivity contribution is 6.08. The van der Waals surface area contributed by atoms with Crippen molar-refractivity contribution in [3.63, 3.8) is 0 Å². The summed E-state index contributed by atoms with van der Waals surface area (Å²) in [7, 11) is 3.58. The van der Waals surface area contributed by atoms with Gasteiger partial charge in [-0.2, -0.15) is 0 Å². The molecule has 2 aliphatic rings. The summed E-state index contributed by atoms with van der Waals surface area (Å²) >= 11 is 0. The van der Waals surface area contributed by atoms with Crippen molar-refractivity contribution >= 4 is 10.2 Å². The van der Waals surface area contributed by atoms with Gasteiger partial charge in [-0.05, 0) is 37.0 Å². The van der Waals surface area contributed by atoms with E-state index in [4.69, 9.17) is 0 Å². The zero-order chi connectivity index (χ0) is 6.97. The molecule has 10 heavy (non-hydrogen) atoms. The highest BCUT2D eigenvalue weighted by Gasteiger charge is 2.38. The van der Waals surface area contributed by atoms with Crippen LogP contribution in [0.1, 0.15) is 32.1 Å². The van der Waals surface area contributed by atoms with Crippen molar-refractivity contribution in [3.8, 4) is 0 Å². The molecule has 0 nitrogen and oxygen atoms in total. The highest BCUT2D eigenvalue weighted by Crippen LogP contribution is 2.49. The van der Waals surface area contributed by atoms with E-state index in [1.54, 1.807) is 25.7 Å². The second kappa shape index (κ2) is 2.69. The van der Waals surface area contributed by atoms with Crippen molar-refractivity contribution in [1.29, 1.82) is 0 Å². The maximum atomic E-state index is 3.58. The molecule has 0 N–H and O–H groups in total. The Bertz CT molecular complexity index is 122. The van der Waals surface area contributed by atoms with Crippen LogP contribution in [0.5, 0.6) is 0 Å². The van der Waals surface area contributed by atoms with Crippen molar-refractivity contribution in [1.82, 2.24) is 0 Å². The van der Waals surface area contributed by atoms with Gasteiger partial charge in [-0.15, -0.1) is 0 Å². The molecule has 0 spiro atoms. The minimum Gasteiger partial charge on any atom is -0.0635 e. The van der Waals surface area contributed by atoms with Crippen LogP contribution in [0.15, 0.2) is 0 Å².